The molecule has 20 heavy (non-hydrogen) atoms. The minimum absolute atomic E-state index is 0.424. The quantitative estimate of drug-likeness (QED) is 0.766. The van der Waals surface area contributed by atoms with E-state index in [-0.39, 0.29) is 0 Å². The number of oxazole rings is 1. The number of aryl methyl sites for hydroxylation is 1. The van der Waals surface area contributed by atoms with Crippen LogP contribution in [0.4, 0.5) is 5.69 Å². The Hall–Kier alpha value is -2.49. The van der Waals surface area contributed by atoms with Crippen LogP contribution < -0.4 is 11.1 Å². The lowest BCUT2D eigenvalue weighted by Crippen LogP contribution is -2.02. The minimum Gasteiger partial charge on any atom is -0.408 e. The van der Waals surface area contributed by atoms with Crippen LogP contribution in [0.5, 0.6) is 0 Å². The van der Waals surface area contributed by atoms with E-state index in [9.17, 15) is 4.79 Å². The van der Waals surface area contributed by atoms with Crippen LogP contribution in [0, 0.1) is 13.8 Å². The monoisotopic (exact) mass is 268 g/mol. The summed E-state index contributed by atoms with van der Waals surface area (Å²) in [6, 6.07) is 11.9. The summed E-state index contributed by atoms with van der Waals surface area (Å²) in [5.41, 5.74) is 6.10. The molecule has 102 valence electrons. The molecule has 2 N–H and O–H groups in total. The highest BCUT2D eigenvalue weighted by atomic mass is 16.4. The van der Waals surface area contributed by atoms with Gasteiger partial charge in [0.2, 0.25) is 0 Å². The molecular formula is C16H16N2O2. The van der Waals surface area contributed by atoms with Crippen LogP contribution in [0.2, 0.25) is 0 Å². The fraction of sp³-hybridized carbons (Fsp3) is 0.188. The topological polar surface area (TPSA) is 58.0 Å². The Morgan fingerprint density at radius 3 is 2.90 bits per heavy atom. The molecule has 3 rings (SSSR count). The molecule has 4 nitrogen and oxygen atoms in total. The summed E-state index contributed by atoms with van der Waals surface area (Å²) in [5.74, 6) is -0.424. The van der Waals surface area contributed by atoms with Crippen LogP contribution in [-0.2, 0) is 6.54 Å². The first kappa shape index (κ1) is 12.5. The number of nitrogens with one attached hydrogen (secondary N) is 2. The third kappa shape index (κ3) is 2.32. The highest BCUT2D eigenvalue weighted by molar-refractivity contribution is 5.76. The van der Waals surface area contributed by atoms with Gasteiger partial charge >= 0.3 is 5.76 Å². The second-order valence-electron chi connectivity index (χ2n) is 4.94. The molecule has 1 heterocycles. The fourth-order valence-electron chi connectivity index (χ4n) is 2.26. The fourth-order valence-corrected chi connectivity index (χ4v) is 2.26. The van der Waals surface area contributed by atoms with Crippen LogP contribution in [0.1, 0.15) is 16.7 Å². The van der Waals surface area contributed by atoms with Gasteiger partial charge in [-0.25, -0.2) is 4.79 Å². The van der Waals surface area contributed by atoms with Crippen molar-refractivity contribution in [3.05, 3.63) is 63.6 Å². The molecule has 0 aliphatic heterocycles. The van der Waals surface area contributed by atoms with Gasteiger partial charge in [0.05, 0.1) is 5.52 Å². The minimum atomic E-state index is -0.424. The number of aromatic nitrogens is 1. The zero-order chi connectivity index (χ0) is 14.1. The first-order valence-corrected chi connectivity index (χ1v) is 6.55. The van der Waals surface area contributed by atoms with Crippen LogP contribution in [0.15, 0.2) is 45.6 Å². The molecule has 0 bridgehead atoms. The summed E-state index contributed by atoms with van der Waals surface area (Å²) in [7, 11) is 0. The summed E-state index contributed by atoms with van der Waals surface area (Å²) in [4.78, 5) is 13.8. The van der Waals surface area contributed by atoms with Gasteiger partial charge < -0.3 is 9.73 Å². The van der Waals surface area contributed by atoms with Crippen LogP contribution in [0.3, 0.4) is 0 Å². The van der Waals surface area contributed by atoms with Crippen molar-refractivity contribution in [2.24, 2.45) is 0 Å². The number of aromatic amines is 1. The number of benzene rings is 2. The Balaban J connectivity index is 1.82. The van der Waals surface area contributed by atoms with E-state index in [1.807, 2.05) is 12.1 Å². The van der Waals surface area contributed by atoms with Gasteiger partial charge in [-0.3, -0.25) is 4.98 Å². The molecule has 4 heteroatoms. The first-order chi connectivity index (χ1) is 9.63. The number of hydrogen-bond acceptors (Lipinski definition) is 3. The van der Waals surface area contributed by atoms with Gasteiger partial charge in [-0.15, -0.1) is 0 Å². The Morgan fingerprint density at radius 2 is 2.05 bits per heavy atom. The summed E-state index contributed by atoms with van der Waals surface area (Å²) in [6.45, 7) is 4.99. The second-order valence-corrected chi connectivity index (χ2v) is 4.94. The van der Waals surface area contributed by atoms with Crippen molar-refractivity contribution in [2.75, 3.05) is 5.32 Å². The van der Waals surface area contributed by atoms with Crippen LogP contribution >= 0.6 is 0 Å². The lowest BCUT2D eigenvalue weighted by Gasteiger charge is -2.10. The third-order valence-corrected chi connectivity index (χ3v) is 3.62. The molecule has 0 saturated carbocycles. The summed E-state index contributed by atoms with van der Waals surface area (Å²) >= 11 is 0. The maximum absolute atomic E-state index is 11.1. The standard InChI is InChI=1S/C16H16N2O2/c1-10-4-3-5-12(11(10)2)9-17-13-6-7-15-14(8-13)18-16(19)20-15/h3-8,17H,9H2,1-2H3,(H,18,19). The molecule has 3 aromatic rings. The first-order valence-electron chi connectivity index (χ1n) is 6.55. The van der Waals surface area contributed by atoms with Gasteiger partial charge in [0.15, 0.2) is 5.58 Å². The zero-order valence-corrected chi connectivity index (χ0v) is 11.5. The van der Waals surface area contributed by atoms with Crippen molar-refractivity contribution in [1.29, 1.82) is 0 Å². The van der Waals surface area contributed by atoms with Gasteiger partial charge in [-0.2, -0.15) is 0 Å². The molecule has 2 aromatic carbocycles. The lowest BCUT2D eigenvalue weighted by molar-refractivity contribution is 0.555. The van der Waals surface area contributed by atoms with E-state index >= 15 is 0 Å². The Morgan fingerprint density at radius 1 is 1.20 bits per heavy atom. The number of hydrogen-bond donors (Lipinski definition) is 2. The van der Waals surface area contributed by atoms with Crippen molar-refractivity contribution in [1.82, 2.24) is 4.98 Å². The molecule has 0 spiro atoms. The third-order valence-electron chi connectivity index (χ3n) is 3.62. The molecule has 1 aromatic heterocycles. The van der Waals surface area contributed by atoms with E-state index in [0.29, 0.717) is 11.1 Å². The van der Waals surface area contributed by atoms with Crippen LogP contribution in [0.25, 0.3) is 11.1 Å². The maximum Gasteiger partial charge on any atom is 0.417 e. The van der Waals surface area contributed by atoms with E-state index < -0.39 is 5.76 Å². The van der Waals surface area contributed by atoms with Gasteiger partial charge in [-0.1, -0.05) is 18.2 Å². The van der Waals surface area contributed by atoms with Gasteiger partial charge in [0.25, 0.3) is 0 Å². The Kier molecular flexibility index (Phi) is 3.06. The van der Waals surface area contributed by atoms with E-state index in [1.54, 1.807) is 6.07 Å². The van der Waals surface area contributed by atoms with E-state index in [2.05, 4.69) is 42.3 Å². The van der Waals surface area contributed by atoms with Crippen molar-refractivity contribution < 1.29 is 4.42 Å². The largest absolute Gasteiger partial charge is 0.417 e. The molecule has 0 radical (unpaired) electrons. The van der Waals surface area contributed by atoms with Gasteiger partial charge in [-0.05, 0) is 48.7 Å². The molecule has 0 aliphatic rings. The smallest absolute Gasteiger partial charge is 0.408 e. The number of rotatable bonds is 3. The average molecular weight is 268 g/mol. The highest BCUT2D eigenvalue weighted by Crippen LogP contribution is 2.18. The van der Waals surface area contributed by atoms with Crippen molar-refractivity contribution in [3.63, 3.8) is 0 Å². The molecule has 0 saturated heterocycles. The molecule has 0 amide bonds. The lowest BCUT2D eigenvalue weighted by atomic mass is 10.0. The molecular weight excluding hydrogens is 252 g/mol. The number of H-pyrrole nitrogens is 1. The Bertz CT molecular complexity index is 815. The zero-order valence-electron chi connectivity index (χ0n) is 11.5. The van der Waals surface area contributed by atoms with Crippen molar-refractivity contribution in [3.8, 4) is 0 Å². The average Bonchev–Trinajstić information content (AvgIpc) is 2.79. The van der Waals surface area contributed by atoms with Crippen molar-refractivity contribution >= 4 is 16.8 Å². The van der Waals surface area contributed by atoms with Gasteiger partial charge in [0.1, 0.15) is 0 Å². The van der Waals surface area contributed by atoms with E-state index in [1.165, 1.54) is 16.7 Å². The normalized spacial score (nSPS) is 10.9. The molecule has 0 fully saturated rings. The van der Waals surface area contributed by atoms with E-state index in [4.69, 9.17) is 4.42 Å². The van der Waals surface area contributed by atoms with Crippen molar-refractivity contribution in [2.45, 2.75) is 20.4 Å². The molecule has 0 atom stereocenters. The Labute approximate surface area is 116 Å². The summed E-state index contributed by atoms with van der Waals surface area (Å²) in [6.07, 6.45) is 0. The number of fused-ring (bicyclic) bond motifs is 1. The highest BCUT2D eigenvalue weighted by Gasteiger charge is 2.03. The molecule has 0 aliphatic carbocycles. The summed E-state index contributed by atoms with van der Waals surface area (Å²) < 4.78 is 4.98. The molecule has 0 unspecified atom stereocenters. The predicted octanol–water partition coefficient (Wildman–Crippen LogP) is 3.35. The van der Waals surface area contributed by atoms with Crippen LogP contribution in [-0.4, -0.2) is 4.98 Å². The summed E-state index contributed by atoms with van der Waals surface area (Å²) in [5, 5.41) is 3.37. The maximum atomic E-state index is 11.1. The van der Waals surface area contributed by atoms with E-state index in [0.717, 1.165) is 12.2 Å². The predicted molar refractivity (Wildman–Crippen MR) is 80.1 cm³/mol. The second kappa shape index (κ2) is 4.89. The number of anilines is 1. The SMILES string of the molecule is Cc1cccc(CNc2ccc3oc(=O)[nH]c3c2)c1C. The van der Waals surface area contributed by atoms with Gasteiger partial charge in [0, 0.05) is 12.2 Å².